The van der Waals surface area contributed by atoms with Crippen molar-refractivity contribution in [3.8, 4) is 11.6 Å². The van der Waals surface area contributed by atoms with E-state index in [1.165, 1.54) is 18.4 Å². The molecule has 0 aliphatic carbocycles. The average molecular weight is 268 g/mol. The number of hydrogen-bond donors (Lipinski definition) is 1. The molecular weight excluding hydrogens is 248 g/mol. The van der Waals surface area contributed by atoms with Crippen LogP contribution in [0.25, 0.3) is 0 Å². The first-order valence-corrected chi connectivity index (χ1v) is 7.29. The van der Waals surface area contributed by atoms with Gasteiger partial charge in [-0.15, -0.1) is 0 Å². The normalized spacial score (nSPS) is 16.0. The Morgan fingerprint density at radius 2 is 2.00 bits per heavy atom. The van der Waals surface area contributed by atoms with Crippen molar-refractivity contribution in [3.05, 3.63) is 54.2 Å². The van der Waals surface area contributed by atoms with Crippen molar-refractivity contribution in [2.45, 2.75) is 19.3 Å². The summed E-state index contributed by atoms with van der Waals surface area (Å²) in [6, 6.07) is 14.1. The van der Waals surface area contributed by atoms with Gasteiger partial charge in [-0.2, -0.15) is 0 Å². The first kappa shape index (κ1) is 13.1. The highest BCUT2D eigenvalue weighted by molar-refractivity contribution is 5.31. The molecule has 0 unspecified atom stereocenters. The third-order valence-corrected chi connectivity index (χ3v) is 3.74. The van der Waals surface area contributed by atoms with Gasteiger partial charge in [-0.1, -0.05) is 18.2 Å². The SMILES string of the molecule is c1ccc(Oc2cccc(CC3CCNCC3)c2)nc1. The van der Waals surface area contributed by atoms with Gasteiger partial charge in [-0.3, -0.25) is 0 Å². The second-order valence-electron chi connectivity index (χ2n) is 5.31. The molecule has 0 amide bonds. The third-order valence-electron chi connectivity index (χ3n) is 3.74. The van der Waals surface area contributed by atoms with E-state index < -0.39 is 0 Å². The molecular formula is C17H20N2O. The molecule has 2 heterocycles. The fourth-order valence-electron chi connectivity index (χ4n) is 2.68. The van der Waals surface area contributed by atoms with Crippen LogP contribution in [-0.2, 0) is 6.42 Å². The highest BCUT2D eigenvalue weighted by atomic mass is 16.5. The Hall–Kier alpha value is -1.87. The van der Waals surface area contributed by atoms with Gasteiger partial charge in [-0.05, 0) is 62.0 Å². The average Bonchev–Trinajstić information content (AvgIpc) is 2.50. The number of benzene rings is 1. The van der Waals surface area contributed by atoms with Crippen LogP contribution in [0.1, 0.15) is 18.4 Å². The lowest BCUT2D eigenvalue weighted by Crippen LogP contribution is -2.28. The zero-order chi connectivity index (χ0) is 13.6. The molecule has 1 saturated heterocycles. The fraction of sp³-hybridized carbons (Fsp3) is 0.353. The number of pyridine rings is 1. The molecule has 1 aliphatic rings. The second-order valence-corrected chi connectivity index (χ2v) is 5.31. The molecule has 1 fully saturated rings. The summed E-state index contributed by atoms with van der Waals surface area (Å²) in [4.78, 5) is 4.19. The number of ether oxygens (including phenoxy) is 1. The van der Waals surface area contributed by atoms with Gasteiger partial charge in [0.25, 0.3) is 0 Å². The molecule has 2 aromatic rings. The Morgan fingerprint density at radius 1 is 1.10 bits per heavy atom. The van der Waals surface area contributed by atoms with E-state index in [1.54, 1.807) is 6.20 Å². The van der Waals surface area contributed by atoms with E-state index >= 15 is 0 Å². The summed E-state index contributed by atoms with van der Waals surface area (Å²) in [5.41, 5.74) is 1.35. The van der Waals surface area contributed by atoms with Crippen LogP contribution in [0.5, 0.6) is 11.6 Å². The lowest BCUT2D eigenvalue weighted by Gasteiger charge is -2.22. The summed E-state index contributed by atoms with van der Waals surface area (Å²) in [5, 5.41) is 3.41. The molecule has 0 saturated carbocycles. The predicted octanol–water partition coefficient (Wildman–Crippen LogP) is 3.42. The van der Waals surface area contributed by atoms with E-state index in [0.717, 1.165) is 31.2 Å². The number of piperidine rings is 1. The van der Waals surface area contributed by atoms with Crippen LogP contribution in [0.2, 0.25) is 0 Å². The molecule has 0 spiro atoms. The molecule has 3 rings (SSSR count). The smallest absolute Gasteiger partial charge is 0.219 e. The summed E-state index contributed by atoms with van der Waals surface area (Å²) < 4.78 is 5.78. The Bertz CT molecular complexity index is 536. The first-order valence-electron chi connectivity index (χ1n) is 7.29. The van der Waals surface area contributed by atoms with Gasteiger partial charge in [-0.25, -0.2) is 4.98 Å². The summed E-state index contributed by atoms with van der Waals surface area (Å²) in [6.07, 6.45) is 5.42. The maximum Gasteiger partial charge on any atom is 0.219 e. The quantitative estimate of drug-likeness (QED) is 0.922. The summed E-state index contributed by atoms with van der Waals surface area (Å²) in [5.74, 6) is 2.31. The zero-order valence-electron chi connectivity index (χ0n) is 11.6. The third kappa shape index (κ3) is 3.58. The van der Waals surface area contributed by atoms with Gasteiger partial charge >= 0.3 is 0 Å². The van der Waals surface area contributed by atoms with Crippen molar-refractivity contribution in [2.24, 2.45) is 5.92 Å². The topological polar surface area (TPSA) is 34.1 Å². The van der Waals surface area contributed by atoms with Crippen LogP contribution in [0.3, 0.4) is 0 Å². The molecule has 0 bridgehead atoms. The largest absolute Gasteiger partial charge is 0.439 e. The van der Waals surface area contributed by atoms with E-state index in [2.05, 4.69) is 28.5 Å². The van der Waals surface area contributed by atoms with E-state index in [4.69, 9.17) is 4.74 Å². The minimum atomic E-state index is 0.645. The highest BCUT2D eigenvalue weighted by Gasteiger charge is 2.13. The highest BCUT2D eigenvalue weighted by Crippen LogP contribution is 2.23. The van der Waals surface area contributed by atoms with Crippen LogP contribution < -0.4 is 10.1 Å². The van der Waals surface area contributed by atoms with Crippen LogP contribution in [0.4, 0.5) is 0 Å². The van der Waals surface area contributed by atoms with Crippen molar-refractivity contribution in [1.82, 2.24) is 10.3 Å². The molecule has 1 aromatic heterocycles. The van der Waals surface area contributed by atoms with Crippen molar-refractivity contribution < 1.29 is 4.74 Å². The lowest BCUT2D eigenvalue weighted by molar-refractivity contribution is 0.372. The summed E-state index contributed by atoms with van der Waals surface area (Å²) >= 11 is 0. The summed E-state index contributed by atoms with van der Waals surface area (Å²) in [6.45, 7) is 2.30. The molecule has 1 aromatic carbocycles. The number of nitrogens with one attached hydrogen (secondary N) is 1. The van der Waals surface area contributed by atoms with Gasteiger partial charge in [0, 0.05) is 12.3 Å². The molecule has 3 heteroatoms. The van der Waals surface area contributed by atoms with Crippen molar-refractivity contribution >= 4 is 0 Å². The van der Waals surface area contributed by atoms with Gasteiger partial charge in [0.1, 0.15) is 5.75 Å². The van der Waals surface area contributed by atoms with Crippen LogP contribution in [-0.4, -0.2) is 18.1 Å². The maximum atomic E-state index is 5.78. The minimum absolute atomic E-state index is 0.645. The maximum absolute atomic E-state index is 5.78. The van der Waals surface area contributed by atoms with E-state index in [0.29, 0.717) is 5.88 Å². The number of hydrogen-bond acceptors (Lipinski definition) is 3. The molecule has 0 radical (unpaired) electrons. The van der Waals surface area contributed by atoms with Gasteiger partial charge in [0.05, 0.1) is 0 Å². The van der Waals surface area contributed by atoms with Crippen molar-refractivity contribution in [3.63, 3.8) is 0 Å². The number of aromatic nitrogens is 1. The number of rotatable bonds is 4. The zero-order valence-corrected chi connectivity index (χ0v) is 11.6. The predicted molar refractivity (Wildman–Crippen MR) is 80.1 cm³/mol. The van der Waals surface area contributed by atoms with Crippen LogP contribution >= 0.6 is 0 Å². The van der Waals surface area contributed by atoms with Gasteiger partial charge in [0.15, 0.2) is 0 Å². The van der Waals surface area contributed by atoms with Gasteiger partial charge in [0.2, 0.25) is 5.88 Å². The Kier molecular flexibility index (Phi) is 4.28. The summed E-state index contributed by atoms with van der Waals surface area (Å²) in [7, 11) is 0. The van der Waals surface area contributed by atoms with Gasteiger partial charge < -0.3 is 10.1 Å². The van der Waals surface area contributed by atoms with E-state index in [9.17, 15) is 0 Å². The standard InChI is InChI=1S/C17H20N2O/c1-2-9-19-17(6-1)20-16-5-3-4-15(13-16)12-14-7-10-18-11-8-14/h1-6,9,13-14,18H,7-8,10-12H2. The monoisotopic (exact) mass is 268 g/mol. The molecule has 0 atom stereocenters. The van der Waals surface area contributed by atoms with Crippen molar-refractivity contribution in [2.75, 3.05) is 13.1 Å². The van der Waals surface area contributed by atoms with Crippen LogP contribution in [0.15, 0.2) is 48.7 Å². The molecule has 20 heavy (non-hydrogen) atoms. The second kappa shape index (κ2) is 6.53. The van der Waals surface area contributed by atoms with Crippen LogP contribution in [0, 0.1) is 5.92 Å². The molecule has 1 aliphatic heterocycles. The lowest BCUT2D eigenvalue weighted by atomic mass is 9.91. The minimum Gasteiger partial charge on any atom is -0.439 e. The fourth-order valence-corrected chi connectivity index (χ4v) is 2.68. The Balaban J connectivity index is 1.66. The van der Waals surface area contributed by atoms with E-state index in [1.807, 2.05) is 24.3 Å². The van der Waals surface area contributed by atoms with E-state index in [-0.39, 0.29) is 0 Å². The number of nitrogens with zero attached hydrogens (tertiary/aromatic N) is 1. The molecule has 104 valence electrons. The van der Waals surface area contributed by atoms with Crippen molar-refractivity contribution in [1.29, 1.82) is 0 Å². The molecule has 3 nitrogen and oxygen atoms in total. The Labute approximate surface area is 120 Å². The first-order chi connectivity index (χ1) is 9.90. The molecule has 1 N–H and O–H groups in total. The Morgan fingerprint density at radius 3 is 2.80 bits per heavy atom.